The Bertz CT molecular complexity index is 768. The van der Waals surface area contributed by atoms with E-state index >= 15 is 0 Å². The van der Waals surface area contributed by atoms with Crippen LogP contribution in [0, 0.1) is 0 Å². The molecule has 3 rings (SSSR count). The van der Waals surface area contributed by atoms with Crippen LogP contribution in [0.2, 0.25) is 0 Å². The van der Waals surface area contributed by atoms with Crippen molar-refractivity contribution in [1.29, 1.82) is 0 Å². The summed E-state index contributed by atoms with van der Waals surface area (Å²) in [6.45, 7) is 5.52. The van der Waals surface area contributed by atoms with Crippen LogP contribution in [-0.4, -0.2) is 58.6 Å². The zero-order valence-corrected chi connectivity index (χ0v) is 15.8. The smallest absolute Gasteiger partial charge is 0.331 e. The van der Waals surface area contributed by atoms with Crippen molar-refractivity contribution < 1.29 is 10.0 Å². The molecule has 2 fully saturated rings. The third kappa shape index (κ3) is 3.85. The predicted octanol–water partition coefficient (Wildman–Crippen LogP) is -0.308. The first kappa shape index (κ1) is 18.7. The summed E-state index contributed by atoms with van der Waals surface area (Å²) >= 11 is 0. The molecule has 1 aliphatic carbocycles. The SMILES string of the molecule is CC/C(=N\N1CC[NH+](C)CC1)c1c(O)n(C2CCCCC2)c(=O)[nH]c1=O. The van der Waals surface area contributed by atoms with Crippen LogP contribution in [-0.2, 0) is 0 Å². The molecule has 1 aromatic heterocycles. The van der Waals surface area contributed by atoms with E-state index in [2.05, 4.69) is 17.1 Å². The number of aromatic amines is 1. The molecule has 1 saturated carbocycles. The highest BCUT2D eigenvalue weighted by Gasteiger charge is 2.25. The summed E-state index contributed by atoms with van der Waals surface area (Å²) in [6.07, 6.45) is 5.41. The Labute approximate surface area is 153 Å². The van der Waals surface area contributed by atoms with E-state index in [-0.39, 0.29) is 17.5 Å². The van der Waals surface area contributed by atoms with Gasteiger partial charge in [-0.2, -0.15) is 5.10 Å². The first-order valence-corrected chi connectivity index (χ1v) is 9.73. The summed E-state index contributed by atoms with van der Waals surface area (Å²) in [5.41, 5.74) is -0.404. The maximum atomic E-state index is 12.5. The fourth-order valence-corrected chi connectivity index (χ4v) is 3.92. The van der Waals surface area contributed by atoms with E-state index in [1.54, 1.807) is 0 Å². The summed E-state index contributed by atoms with van der Waals surface area (Å²) in [4.78, 5) is 28.7. The van der Waals surface area contributed by atoms with Crippen LogP contribution in [0.5, 0.6) is 5.88 Å². The van der Waals surface area contributed by atoms with Gasteiger partial charge >= 0.3 is 5.69 Å². The van der Waals surface area contributed by atoms with E-state index in [0.29, 0.717) is 12.1 Å². The minimum absolute atomic E-state index is 0.0582. The van der Waals surface area contributed by atoms with Gasteiger partial charge in [0.2, 0.25) is 5.88 Å². The summed E-state index contributed by atoms with van der Waals surface area (Å²) < 4.78 is 1.37. The second-order valence-electron chi connectivity index (χ2n) is 7.43. The van der Waals surface area contributed by atoms with Gasteiger partial charge in [-0.15, -0.1) is 0 Å². The standard InChI is InChI=1S/C18H29N5O3/c1-3-14(20-22-11-9-21(2)10-12-22)15-16(24)19-18(26)23(17(15)25)13-7-5-4-6-8-13/h13,25H,3-12H2,1-2H3,(H,19,24,26)/p+1/b20-14+. The predicted molar refractivity (Wildman–Crippen MR) is 100 cm³/mol. The fourth-order valence-electron chi connectivity index (χ4n) is 3.92. The highest BCUT2D eigenvalue weighted by atomic mass is 16.3. The highest BCUT2D eigenvalue weighted by Crippen LogP contribution is 2.30. The van der Waals surface area contributed by atoms with Crippen molar-refractivity contribution in [2.24, 2.45) is 5.10 Å². The van der Waals surface area contributed by atoms with Crippen molar-refractivity contribution in [3.05, 3.63) is 26.4 Å². The van der Waals surface area contributed by atoms with E-state index in [4.69, 9.17) is 0 Å². The first-order valence-electron chi connectivity index (χ1n) is 9.73. The molecular weight excluding hydrogens is 334 g/mol. The molecule has 2 aliphatic rings. The van der Waals surface area contributed by atoms with Crippen molar-refractivity contribution >= 4 is 5.71 Å². The highest BCUT2D eigenvalue weighted by molar-refractivity contribution is 6.01. The Kier molecular flexibility index (Phi) is 5.80. The van der Waals surface area contributed by atoms with Crippen LogP contribution >= 0.6 is 0 Å². The van der Waals surface area contributed by atoms with Crippen LogP contribution < -0.4 is 16.1 Å². The average Bonchev–Trinajstić information content (AvgIpc) is 2.63. The number of hydrazone groups is 1. The Morgan fingerprint density at radius 2 is 1.88 bits per heavy atom. The number of aromatic hydroxyl groups is 1. The van der Waals surface area contributed by atoms with Crippen LogP contribution in [0.15, 0.2) is 14.7 Å². The largest absolute Gasteiger partial charge is 0.494 e. The van der Waals surface area contributed by atoms with Gasteiger partial charge in [-0.1, -0.05) is 26.2 Å². The molecule has 0 amide bonds. The molecule has 0 aromatic carbocycles. The lowest BCUT2D eigenvalue weighted by atomic mass is 9.95. The second kappa shape index (κ2) is 8.07. The monoisotopic (exact) mass is 364 g/mol. The fraction of sp³-hybridized carbons (Fsp3) is 0.722. The Balaban J connectivity index is 1.99. The van der Waals surface area contributed by atoms with Crippen LogP contribution in [0.3, 0.4) is 0 Å². The number of likely N-dealkylation sites (N-methyl/N-ethyl adjacent to an activating group) is 1. The van der Waals surface area contributed by atoms with Gasteiger partial charge in [0.1, 0.15) is 5.56 Å². The molecular formula is C18H30N5O3+. The summed E-state index contributed by atoms with van der Waals surface area (Å²) in [6, 6.07) is -0.0582. The number of nitrogens with one attached hydrogen (secondary N) is 2. The second-order valence-corrected chi connectivity index (χ2v) is 7.43. The van der Waals surface area contributed by atoms with Crippen molar-refractivity contribution in [3.8, 4) is 5.88 Å². The van der Waals surface area contributed by atoms with Gasteiger partial charge in [0.05, 0.1) is 38.9 Å². The number of nitrogens with zero attached hydrogens (tertiary/aromatic N) is 3. The third-order valence-electron chi connectivity index (χ3n) is 5.54. The molecule has 2 heterocycles. The average molecular weight is 364 g/mol. The molecule has 0 spiro atoms. The van der Waals surface area contributed by atoms with Gasteiger partial charge in [0.25, 0.3) is 5.56 Å². The Morgan fingerprint density at radius 1 is 1.23 bits per heavy atom. The molecule has 8 nitrogen and oxygen atoms in total. The van der Waals surface area contributed by atoms with E-state index < -0.39 is 11.2 Å². The number of piperazine rings is 1. The zero-order chi connectivity index (χ0) is 18.7. The molecule has 0 unspecified atom stereocenters. The maximum absolute atomic E-state index is 12.5. The van der Waals surface area contributed by atoms with Gasteiger partial charge in [0, 0.05) is 6.04 Å². The summed E-state index contributed by atoms with van der Waals surface area (Å²) in [5, 5.41) is 17.4. The van der Waals surface area contributed by atoms with Gasteiger partial charge in [-0.05, 0) is 19.3 Å². The van der Waals surface area contributed by atoms with Crippen LogP contribution in [0.25, 0.3) is 0 Å². The van der Waals surface area contributed by atoms with Crippen molar-refractivity contribution in [3.63, 3.8) is 0 Å². The van der Waals surface area contributed by atoms with E-state index in [1.807, 2.05) is 11.9 Å². The normalized spacial score (nSPS) is 20.5. The van der Waals surface area contributed by atoms with Gasteiger partial charge in [0.15, 0.2) is 0 Å². The number of rotatable bonds is 4. The topological polar surface area (TPSA) is 95.1 Å². The number of aromatic nitrogens is 2. The minimum Gasteiger partial charge on any atom is -0.494 e. The van der Waals surface area contributed by atoms with Gasteiger partial charge < -0.3 is 10.0 Å². The summed E-state index contributed by atoms with van der Waals surface area (Å²) in [7, 11) is 2.15. The molecule has 0 radical (unpaired) electrons. The lowest BCUT2D eigenvalue weighted by Gasteiger charge is -2.29. The number of quaternary nitrogens is 1. The zero-order valence-electron chi connectivity index (χ0n) is 15.8. The number of H-pyrrole nitrogens is 1. The maximum Gasteiger partial charge on any atom is 0.331 e. The molecule has 0 atom stereocenters. The van der Waals surface area contributed by atoms with Crippen molar-refractivity contribution in [1.82, 2.24) is 14.6 Å². The molecule has 3 N–H and O–H groups in total. The van der Waals surface area contributed by atoms with Crippen molar-refractivity contribution in [2.45, 2.75) is 51.5 Å². The Morgan fingerprint density at radius 3 is 2.50 bits per heavy atom. The number of hydrogen-bond acceptors (Lipinski definition) is 5. The van der Waals surface area contributed by atoms with Crippen molar-refractivity contribution in [2.75, 3.05) is 33.2 Å². The van der Waals surface area contributed by atoms with Crippen LogP contribution in [0.1, 0.15) is 57.1 Å². The van der Waals surface area contributed by atoms with Gasteiger partial charge in [-0.25, -0.2) is 4.79 Å². The lowest BCUT2D eigenvalue weighted by molar-refractivity contribution is -0.884. The molecule has 26 heavy (non-hydrogen) atoms. The van der Waals surface area contributed by atoms with E-state index in [0.717, 1.165) is 58.3 Å². The molecule has 1 aliphatic heterocycles. The molecule has 1 aromatic rings. The minimum atomic E-state index is -0.556. The lowest BCUT2D eigenvalue weighted by Crippen LogP contribution is -3.11. The molecule has 144 valence electrons. The van der Waals surface area contributed by atoms with E-state index in [9.17, 15) is 14.7 Å². The molecule has 0 bridgehead atoms. The first-order chi connectivity index (χ1) is 12.5. The number of hydrogen-bond donors (Lipinski definition) is 3. The van der Waals surface area contributed by atoms with E-state index in [1.165, 1.54) is 9.47 Å². The van der Waals surface area contributed by atoms with Crippen LogP contribution in [0.4, 0.5) is 0 Å². The quantitative estimate of drug-likeness (QED) is 0.639. The molecule has 8 heteroatoms. The molecule has 1 saturated heterocycles. The third-order valence-corrected chi connectivity index (χ3v) is 5.54. The summed E-state index contributed by atoms with van der Waals surface area (Å²) in [5.74, 6) is -0.231. The Hall–Kier alpha value is -2.09. The van der Waals surface area contributed by atoms with Gasteiger partial charge in [-0.3, -0.25) is 19.4 Å².